The molecule has 0 N–H and O–H groups in total. The van der Waals surface area contributed by atoms with Gasteiger partial charge in [0.15, 0.2) is 0 Å². The number of rotatable bonds is 4. The molecule has 11 rings (SSSR count). The van der Waals surface area contributed by atoms with Crippen LogP contribution in [0.1, 0.15) is 32.4 Å². The normalized spacial score (nSPS) is 12.5. The lowest BCUT2D eigenvalue weighted by atomic mass is 9.95. The van der Waals surface area contributed by atoms with Crippen molar-refractivity contribution in [3.05, 3.63) is 121 Å². The van der Waals surface area contributed by atoms with Gasteiger partial charge in [-0.15, -0.1) is 22.7 Å². The molecule has 0 bridgehead atoms. The van der Waals surface area contributed by atoms with Crippen molar-refractivity contribution in [2.45, 2.75) is 26.7 Å². The van der Waals surface area contributed by atoms with Gasteiger partial charge in [-0.05, 0) is 59.3 Å². The van der Waals surface area contributed by atoms with Gasteiger partial charge in [-0.1, -0.05) is 98.8 Å². The Morgan fingerprint density at radius 3 is 2.18 bits per heavy atom. The summed E-state index contributed by atoms with van der Waals surface area (Å²) in [5.74, 6) is 1.87. The molecule has 0 fully saturated rings. The number of aromatic nitrogens is 3. The van der Waals surface area contributed by atoms with Crippen molar-refractivity contribution in [2.75, 3.05) is 6.61 Å². The first-order valence-corrected chi connectivity index (χ1v) is 19.2. The number of ether oxygens (including phenoxy) is 1. The van der Waals surface area contributed by atoms with Crippen LogP contribution in [-0.2, 0) is 0 Å². The van der Waals surface area contributed by atoms with E-state index in [0.717, 1.165) is 39.3 Å². The summed E-state index contributed by atoms with van der Waals surface area (Å²) in [6, 6.07) is 41.9. The molecule has 4 nitrogen and oxygen atoms in total. The van der Waals surface area contributed by atoms with Gasteiger partial charge < -0.3 is 4.74 Å². The molecule has 0 atom stereocenters. The monoisotopic (exact) mass is 693 g/mol. The lowest BCUT2D eigenvalue weighted by molar-refractivity contribution is 0.344. The van der Waals surface area contributed by atoms with Crippen molar-refractivity contribution in [1.29, 1.82) is 0 Å². The molecule has 51 heavy (non-hydrogen) atoms. The van der Waals surface area contributed by atoms with Crippen molar-refractivity contribution in [3.8, 4) is 11.7 Å². The van der Waals surface area contributed by atoms with E-state index in [1.54, 1.807) is 11.3 Å². The number of fused-ring (bicyclic) bond motifs is 17. The molecule has 7 aromatic carbocycles. The Labute approximate surface area is 301 Å². The van der Waals surface area contributed by atoms with Gasteiger partial charge in [-0.3, -0.25) is 4.57 Å². The average Bonchev–Trinajstić information content (AvgIpc) is 3.85. The van der Waals surface area contributed by atoms with Gasteiger partial charge in [-0.2, -0.15) is 0 Å². The summed E-state index contributed by atoms with van der Waals surface area (Å²) in [5, 5.41) is 13.5. The van der Waals surface area contributed by atoms with E-state index in [4.69, 9.17) is 14.7 Å². The molecular formula is C45H31N3OS2. The largest absolute Gasteiger partial charge is 0.493 e. The molecule has 4 aromatic heterocycles. The highest BCUT2D eigenvalue weighted by Gasteiger charge is 2.26. The molecule has 0 radical (unpaired) electrons. The quantitative estimate of drug-likeness (QED) is 0.184. The van der Waals surface area contributed by atoms with E-state index in [9.17, 15) is 0 Å². The molecule has 244 valence electrons. The van der Waals surface area contributed by atoms with Gasteiger partial charge in [0.05, 0.1) is 33.6 Å². The molecule has 0 amide bonds. The summed E-state index contributed by atoms with van der Waals surface area (Å²) in [5.41, 5.74) is 4.38. The fourth-order valence-corrected chi connectivity index (χ4v) is 10.9. The molecule has 0 saturated carbocycles. The fourth-order valence-electron chi connectivity index (χ4n) is 8.38. The van der Waals surface area contributed by atoms with Gasteiger partial charge in [0.2, 0.25) is 5.95 Å². The van der Waals surface area contributed by atoms with E-state index >= 15 is 0 Å². The number of nitrogens with zero attached hydrogens (tertiary/aromatic N) is 3. The minimum Gasteiger partial charge on any atom is -0.493 e. The molecule has 6 heteroatoms. The second kappa shape index (κ2) is 10.7. The van der Waals surface area contributed by atoms with E-state index < -0.39 is 0 Å². The van der Waals surface area contributed by atoms with Gasteiger partial charge in [-0.25, -0.2) is 9.97 Å². The lowest BCUT2D eigenvalue weighted by Crippen LogP contribution is -2.05. The molecule has 4 heterocycles. The summed E-state index contributed by atoms with van der Waals surface area (Å²) in [6.07, 6.45) is 0. The summed E-state index contributed by atoms with van der Waals surface area (Å²) < 4.78 is 13.5. The lowest BCUT2D eigenvalue weighted by Gasteiger charge is -2.13. The standard InChI is InChI=1S/C45H31N3OS2/c1-4-49-33-18-11-17-28-27(33)21-23-35-37(28)39-38-36-26-13-6-5-12-25(26)20-22-32(36)48(42(38)29-14-7-8-15-30(29)43(39)51-35)45-46-40(24(2)3)44-41(47-45)31-16-9-10-19-34(31)50-44/h5-24H,4H2,1-3H3. The van der Waals surface area contributed by atoms with Crippen molar-refractivity contribution in [1.82, 2.24) is 14.5 Å². The van der Waals surface area contributed by atoms with Gasteiger partial charge in [0, 0.05) is 57.2 Å². The summed E-state index contributed by atoms with van der Waals surface area (Å²) in [6.45, 7) is 7.16. The summed E-state index contributed by atoms with van der Waals surface area (Å²) in [7, 11) is 0. The Balaban J connectivity index is 1.43. The van der Waals surface area contributed by atoms with Crippen LogP contribution in [0.25, 0.3) is 101 Å². The second-order valence-electron chi connectivity index (χ2n) is 13.7. The van der Waals surface area contributed by atoms with Crippen LogP contribution < -0.4 is 4.74 Å². The van der Waals surface area contributed by atoms with E-state index in [-0.39, 0.29) is 5.92 Å². The van der Waals surface area contributed by atoms with E-state index in [1.165, 1.54) is 72.7 Å². The molecule has 11 aromatic rings. The smallest absolute Gasteiger partial charge is 0.235 e. The van der Waals surface area contributed by atoms with Gasteiger partial charge >= 0.3 is 0 Å². The highest BCUT2D eigenvalue weighted by atomic mass is 32.1. The van der Waals surface area contributed by atoms with Crippen LogP contribution in [0, 0.1) is 0 Å². The Morgan fingerprint density at radius 2 is 1.33 bits per heavy atom. The third-order valence-corrected chi connectivity index (χ3v) is 12.9. The number of thiophene rings is 2. The number of hydrogen-bond acceptors (Lipinski definition) is 5. The van der Waals surface area contributed by atoms with Gasteiger partial charge in [0.1, 0.15) is 5.75 Å². The second-order valence-corrected chi connectivity index (χ2v) is 15.8. The SMILES string of the molecule is CCOc1cccc2c1ccc1sc3c4ccccc4c4c(c3c12)c1c2ccccc2ccc1n4-c1nc(C(C)C)c2sc3ccccc3c2n1. The van der Waals surface area contributed by atoms with Crippen LogP contribution in [0.5, 0.6) is 5.75 Å². The van der Waals surface area contributed by atoms with Crippen molar-refractivity contribution >= 4 is 117 Å². The maximum Gasteiger partial charge on any atom is 0.235 e. The van der Waals surface area contributed by atoms with Crippen LogP contribution in [0.4, 0.5) is 0 Å². The van der Waals surface area contributed by atoms with Crippen molar-refractivity contribution in [3.63, 3.8) is 0 Å². The van der Waals surface area contributed by atoms with Crippen molar-refractivity contribution in [2.24, 2.45) is 0 Å². The Morgan fingerprint density at radius 1 is 0.588 bits per heavy atom. The minimum atomic E-state index is 0.228. The minimum absolute atomic E-state index is 0.228. The Kier molecular flexibility index (Phi) is 6.14. The predicted molar refractivity (Wildman–Crippen MR) is 220 cm³/mol. The van der Waals surface area contributed by atoms with E-state index in [2.05, 4.69) is 141 Å². The maximum atomic E-state index is 6.18. The van der Waals surface area contributed by atoms with E-state index in [1.807, 2.05) is 11.3 Å². The zero-order valence-electron chi connectivity index (χ0n) is 28.3. The van der Waals surface area contributed by atoms with Gasteiger partial charge in [0.25, 0.3) is 0 Å². The maximum absolute atomic E-state index is 6.18. The first-order valence-electron chi connectivity index (χ1n) is 17.6. The fraction of sp³-hybridized carbons (Fsp3) is 0.111. The van der Waals surface area contributed by atoms with E-state index in [0.29, 0.717) is 6.61 Å². The van der Waals surface area contributed by atoms with Crippen LogP contribution in [0.2, 0.25) is 0 Å². The first-order chi connectivity index (χ1) is 25.1. The molecule has 0 aliphatic rings. The van der Waals surface area contributed by atoms with Crippen LogP contribution in [0.3, 0.4) is 0 Å². The average molecular weight is 694 g/mol. The number of benzene rings is 7. The third kappa shape index (κ3) is 3.95. The summed E-state index contributed by atoms with van der Waals surface area (Å²) in [4.78, 5) is 11.0. The topological polar surface area (TPSA) is 39.9 Å². The highest BCUT2D eigenvalue weighted by Crippen LogP contribution is 2.51. The molecule has 0 unspecified atom stereocenters. The molecule has 0 aliphatic carbocycles. The zero-order valence-corrected chi connectivity index (χ0v) is 30.0. The molecule has 0 saturated heterocycles. The zero-order chi connectivity index (χ0) is 34.0. The Bertz CT molecular complexity index is 3260. The first kappa shape index (κ1) is 29.2. The summed E-state index contributed by atoms with van der Waals surface area (Å²) >= 11 is 3.69. The molecular weight excluding hydrogens is 663 g/mol. The van der Waals surface area contributed by atoms with Crippen LogP contribution in [0.15, 0.2) is 115 Å². The third-order valence-electron chi connectivity index (χ3n) is 10.5. The molecule has 0 spiro atoms. The van der Waals surface area contributed by atoms with Crippen molar-refractivity contribution < 1.29 is 4.74 Å². The predicted octanol–water partition coefficient (Wildman–Crippen LogP) is 13.3. The molecule has 0 aliphatic heterocycles. The van der Waals surface area contributed by atoms with Crippen LogP contribution in [-0.4, -0.2) is 21.1 Å². The Hall–Kier alpha value is -5.56. The highest BCUT2D eigenvalue weighted by molar-refractivity contribution is 7.27. The number of hydrogen-bond donors (Lipinski definition) is 0. The van der Waals surface area contributed by atoms with Crippen LogP contribution >= 0.6 is 22.7 Å².